The van der Waals surface area contributed by atoms with Gasteiger partial charge in [-0.1, -0.05) is 63.1 Å². The Hall–Kier alpha value is -2.27. The Morgan fingerprint density at radius 3 is 2.58 bits per heavy atom. The Morgan fingerprint density at radius 1 is 1.13 bits per heavy atom. The zero-order valence-corrected chi connectivity index (χ0v) is 19.9. The van der Waals surface area contributed by atoms with Crippen LogP contribution in [0.5, 0.6) is 0 Å². The van der Waals surface area contributed by atoms with Crippen LogP contribution in [-0.2, 0) is 24.3 Å². The van der Waals surface area contributed by atoms with E-state index in [-0.39, 0.29) is 11.8 Å². The van der Waals surface area contributed by atoms with Crippen LogP contribution in [0.1, 0.15) is 62.0 Å². The average Bonchev–Trinajstić information content (AvgIpc) is 3.11. The molecule has 0 aliphatic carbocycles. The monoisotopic (exact) mass is 437 g/mol. The number of carbonyl (C=O) groups is 1. The van der Waals surface area contributed by atoms with E-state index in [1.807, 2.05) is 6.07 Å². The highest BCUT2D eigenvalue weighted by molar-refractivity contribution is 7.80. The maximum Gasteiger partial charge on any atom is 0.224 e. The van der Waals surface area contributed by atoms with Gasteiger partial charge in [-0.05, 0) is 42.5 Å². The van der Waals surface area contributed by atoms with Gasteiger partial charge in [-0.2, -0.15) is 12.6 Å². The third-order valence-electron chi connectivity index (χ3n) is 5.80. The Labute approximate surface area is 191 Å². The molecule has 0 bridgehead atoms. The minimum absolute atomic E-state index is 0.0205. The van der Waals surface area contributed by atoms with Crippen molar-refractivity contribution in [1.82, 2.24) is 14.9 Å². The molecular weight excluding hydrogens is 402 g/mol. The number of aryl methyl sites for hydroxylation is 2. The first kappa shape index (κ1) is 23.4. The molecule has 31 heavy (non-hydrogen) atoms. The molecule has 0 aliphatic rings. The van der Waals surface area contributed by atoms with Gasteiger partial charge in [0.1, 0.15) is 5.82 Å². The van der Waals surface area contributed by atoms with E-state index in [1.165, 1.54) is 5.56 Å². The second kappa shape index (κ2) is 11.4. The van der Waals surface area contributed by atoms with Gasteiger partial charge >= 0.3 is 0 Å². The quantitative estimate of drug-likeness (QED) is 0.378. The first-order valence-corrected chi connectivity index (χ1v) is 12.1. The molecule has 3 rings (SSSR count). The Kier molecular flexibility index (Phi) is 8.59. The predicted molar refractivity (Wildman–Crippen MR) is 133 cm³/mol. The molecule has 3 aromatic rings. The van der Waals surface area contributed by atoms with Gasteiger partial charge in [-0.15, -0.1) is 0 Å². The van der Waals surface area contributed by atoms with Gasteiger partial charge in [0.15, 0.2) is 0 Å². The number of carbonyl (C=O) groups excluding carboxylic acids is 1. The normalized spacial score (nSPS) is 12.3. The zero-order valence-electron chi connectivity index (χ0n) is 19.0. The lowest BCUT2D eigenvalue weighted by Gasteiger charge is -2.15. The number of hydrogen-bond acceptors (Lipinski definition) is 3. The van der Waals surface area contributed by atoms with E-state index in [2.05, 4.69) is 79.7 Å². The van der Waals surface area contributed by atoms with Crippen molar-refractivity contribution in [2.75, 3.05) is 5.75 Å². The molecule has 0 radical (unpaired) electrons. The number of thiol groups is 1. The molecule has 4 nitrogen and oxygen atoms in total. The summed E-state index contributed by atoms with van der Waals surface area (Å²) in [5, 5.41) is 3.13. The SMILES string of the molecule is CCCCC(CS)C(=O)NCc1cc(C)c2nc(CCC)n(Cc3ccccc3)c2c1. The van der Waals surface area contributed by atoms with Crippen LogP contribution in [0.4, 0.5) is 0 Å². The summed E-state index contributed by atoms with van der Waals surface area (Å²) >= 11 is 4.38. The van der Waals surface area contributed by atoms with Gasteiger partial charge < -0.3 is 9.88 Å². The molecule has 1 N–H and O–H groups in total. The number of aromatic nitrogens is 2. The van der Waals surface area contributed by atoms with E-state index in [9.17, 15) is 4.79 Å². The summed E-state index contributed by atoms with van der Waals surface area (Å²) < 4.78 is 2.34. The number of amides is 1. The molecule has 166 valence electrons. The largest absolute Gasteiger partial charge is 0.352 e. The van der Waals surface area contributed by atoms with Gasteiger partial charge in [0.2, 0.25) is 5.91 Å². The highest BCUT2D eigenvalue weighted by Crippen LogP contribution is 2.24. The summed E-state index contributed by atoms with van der Waals surface area (Å²) in [5.41, 5.74) is 5.74. The summed E-state index contributed by atoms with van der Waals surface area (Å²) in [6.45, 7) is 7.79. The van der Waals surface area contributed by atoms with Crippen molar-refractivity contribution in [2.24, 2.45) is 5.92 Å². The number of benzene rings is 2. The van der Waals surface area contributed by atoms with Crippen molar-refractivity contribution in [2.45, 2.75) is 66.0 Å². The molecule has 5 heteroatoms. The van der Waals surface area contributed by atoms with Gasteiger partial charge in [0.25, 0.3) is 0 Å². The molecule has 0 spiro atoms. The number of rotatable bonds is 11. The molecule has 1 heterocycles. The summed E-state index contributed by atoms with van der Waals surface area (Å²) in [4.78, 5) is 17.6. The average molecular weight is 438 g/mol. The van der Waals surface area contributed by atoms with Gasteiger partial charge in [0, 0.05) is 31.2 Å². The maximum atomic E-state index is 12.6. The lowest BCUT2D eigenvalue weighted by Crippen LogP contribution is -2.31. The fourth-order valence-electron chi connectivity index (χ4n) is 4.06. The number of fused-ring (bicyclic) bond motifs is 1. The van der Waals surface area contributed by atoms with Crippen LogP contribution in [0.25, 0.3) is 11.0 Å². The van der Waals surface area contributed by atoms with E-state index in [1.54, 1.807) is 0 Å². The highest BCUT2D eigenvalue weighted by atomic mass is 32.1. The minimum Gasteiger partial charge on any atom is -0.352 e. The molecule has 0 saturated carbocycles. The van der Waals surface area contributed by atoms with E-state index >= 15 is 0 Å². The topological polar surface area (TPSA) is 46.9 Å². The molecule has 0 saturated heterocycles. The smallest absolute Gasteiger partial charge is 0.224 e. The Bertz CT molecular complexity index is 997. The highest BCUT2D eigenvalue weighted by Gasteiger charge is 2.17. The molecule has 0 fully saturated rings. The molecule has 1 atom stereocenters. The first-order valence-electron chi connectivity index (χ1n) is 11.5. The van der Waals surface area contributed by atoms with E-state index in [0.717, 1.165) is 66.6 Å². The number of imidazole rings is 1. The summed E-state index contributed by atoms with van der Waals surface area (Å²) in [6, 6.07) is 14.9. The fraction of sp³-hybridized carbons (Fsp3) is 0.462. The number of unbranched alkanes of at least 4 members (excludes halogenated alkanes) is 1. The lowest BCUT2D eigenvalue weighted by atomic mass is 10.0. The van der Waals surface area contributed by atoms with Gasteiger partial charge in [-0.25, -0.2) is 4.98 Å². The molecular formula is C26H35N3OS. The Morgan fingerprint density at radius 2 is 1.90 bits per heavy atom. The van der Waals surface area contributed by atoms with Crippen LogP contribution in [0.15, 0.2) is 42.5 Å². The molecule has 0 aliphatic heterocycles. The predicted octanol–water partition coefficient (Wildman–Crippen LogP) is 5.70. The van der Waals surface area contributed by atoms with Crippen molar-refractivity contribution >= 4 is 29.6 Å². The summed E-state index contributed by atoms with van der Waals surface area (Å²) in [7, 11) is 0. The van der Waals surface area contributed by atoms with Crippen molar-refractivity contribution in [3.05, 3.63) is 65.0 Å². The van der Waals surface area contributed by atoms with Crippen molar-refractivity contribution < 1.29 is 4.79 Å². The molecule has 1 unspecified atom stereocenters. The van der Waals surface area contributed by atoms with E-state index in [0.29, 0.717) is 12.3 Å². The van der Waals surface area contributed by atoms with Crippen LogP contribution >= 0.6 is 12.6 Å². The first-order chi connectivity index (χ1) is 15.1. The second-order valence-corrected chi connectivity index (χ2v) is 8.73. The summed E-state index contributed by atoms with van der Waals surface area (Å²) in [5.74, 6) is 1.80. The zero-order chi connectivity index (χ0) is 22.2. The van der Waals surface area contributed by atoms with E-state index < -0.39 is 0 Å². The third kappa shape index (κ3) is 5.91. The number of hydrogen-bond donors (Lipinski definition) is 2. The molecule has 1 aromatic heterocycles. The van der Waals surface area contributed by atoms with E-state index in [4.69, 9.17) is 4.98 Å². The van der Waals surface area contributed by atoms with Crippen LogP contribution < -0.4 is 5.32 Å². The van der Waals surface area contributed by atoms with Gasteiger partial charge in [-0.3, -0.25) is 4.79 Å². The maximum absolute atomic E-state index is 12.6. The van der Waals surface area contributed by atoms with Crippen LogP contribution in [0.2, 0.25) is 0 Å². The Balaban J connectivity index is 1.86. The third-order valence-corrected chi connectivity index (χ3v) is 6.25. The minimum atomic E-state index is -0.0205. The number of nitrogens with zero attached hydrogens (tertiary/aromatic N) is 2. The van der Waals surface area contributed by atoms with Crippen LogP contribution in [0.3, 0.4) is 0 Å². The second-order valence-electron chi connectivity index (χ2n) is 8.37. The summed E-state index contributed by atoms with van der Waals surface area (Å²) in [6.07, 6.45) is 5.06. The fourth-order valence-corrected chi connectivity index (χ4v) is 4.41. The van der Waals surface area contributed by atoms with Crippen molar-refractivity contribution in [3.8, 4) is 0 Å². The molecule has 2 aromatic carbocycles. The van der Waals surface area contributed by atoms with Gasteiger partial charge in [0.05, 0.1) is 11.0 Å². The van der Waals surface area contributed by atoms with Crippen molar-refractivity contribution in [1.29, 1.82) is 0 Å². The van der Waals surface area contributed by atoms with Crippen LogP contribution in [0, 0.1) is 12.8 Å². The van der Waals surface area contributed by atoms with Crippen LogP contribution in [-0.4, -0.2) is 21.2 Å². The van der Waals surface area contributed by atoms with Crippen molar-refractivity contribution in [3.63, 3.8) is 0 Å². The lowest BCUT2D eigenvalue weighted by molar-refractivity contribution is -0.124. The number of nitrogens with one attached hydrogen (secondary N) is 1. The standard InChI is InChI=1S/C26H35N3OS/c1-4-6-13-22(18-31)26(30)27-16-21-14-19(3)25-23(15-21)29(24(28-25)10-5-2)17-20-11-8-7-9-12-20/h7-9,11-12,14-15,22,31H,4-6,10,13,16-18H2,1-3H3,(H,27,30). The molecule has 1 amide bonds.